The Balaban J connectivity index is 2.63. The van der Waals surface area contributed by atoms with Crippen LogP contribution in [-0.4, -0.2) is 16.6 Å². The van der Waals surface area contributed by atoms with Gasteiger partial charge in [0.1, 0.15) is 17.5 Å². The summed E-state index contributed by atoms with van der Waals surface area (Å²) < 4.78 is 5.22. The number of nitrogens with zero attached hydrogens (tertiary/aromatic N) is 3. The predicted molar refractivity (Wildman–Crippen MR) is 51.6 cm³/mol. The van der Waals surface area contributed by atoms with E-state index in [1.807, 2.05) is 6.07 Å². The molecule has 0 radical (unpaired) electrons. The molecule has 1 heterocycles. The molecule has 0 aromatic carbocycles. The molecule has 0 fully saturated rings. The summed E-state index contributed by atoms with van der Waals surface area (Å²) in [6.45, 7) is 2.64. The van der Waals surface area contributed by atoms with E-state index in [-0.39, 0.29) is 17.4 Å². The lowest BCUT2D eigenvalue weighted by Gasteiger charge is -2.03. The number of unbranched alkanes of at least 4 members (excludes halogenated alkanes) is 1. The molecule has 5 nitrogen and oxygen atoms in total. The Morgan fingerprint density at radius 3 is 3.00 bits per heavy atom. The summed E-state index contributed by atoms with van der Waals surface area (Å²) in [6.07, 6.45) is 3.36. The van der Waals surface area contributed by atoms with E-state index >= 15 is 0 Å². The zero-order chi connectivity index (χ0) is 10.4. The normalized spacial score (nSPS) is 9.43. The van der Waals surface area contributed by atoms with Crippen LogP contribution in [0, 0.1) is 11.3 Å². The van der Waals surface area contributed by atoms with E-state index in [0.717, 1.165) is 12.8 Å². The van der Waals surface area contributed by atoms with Crippen LogP contribution in [-0.2, 0) is 0 Å². The summed E-state index contributed by atoms with van der Waals surface area (Å²) in [7, 11) is 0. The monoisotopic (exact) mass is 192 g/mol. The van der Waals surface area contributed by atoms with Crippen LogP contribution in [0.1, 0.15) is 25.3 Å². The number of nitriles is 1. The quantitative estimate of drug-likeness (QED) is 0.722. The van der Waals surface area contributed by atoms with Crippen LogP contribution in [0.2, 0.25) is 0 Å². The van der Waals surface area contributed by atoms with Gasteiger partial charge in [-0.25, -0.2) is 4.98 Å². The van der Waals surface area contributed by atoms with Crippen LogP contribution in [0.15, 0.2) is 6.20 Å². The van der Waals surface area contributed by atoms with Crippen LogP contribution in [0.25, 0.3) is 0 Å². The fraction of sp³-hybridized carbons (Fsp3) is 0.444. The summed E-state index contributed by atoms with van der Waals surface area (Å²) in [6, 6.07) is 2.12. The fourth-order valence-corrected chi connectivity index (χ4v) is 0.842. The average molecular weight is 192 g/mol. The Bertz CT molecular complexity index is 345. The summed E-state index contributed by atoms with van der Waals surface area (Å²) >= 11 is 0. The first-order valence-electron chi connectivity index (χ1n) is 4.43. The average Bonchev–Trinajstić information content (AvgIpc) is 2.18. The number of ether oxygens (including phenoxy) is 1. The summed E-state index contributed by atoms with van der Waals surface area (Å²) in [5.74, 6) is 0.161. The highest BCUT2D eigenvalue weighted by Gasteiger charge is 2.03. The van der Waals surface area contributed by atoms with Gasteiger partial charge in [0.05, 0.1) is 12.8 Å². The van der Waals surface area contributed by atoms with Crippen LogP contribution in [0.3, 0.4) is 0 Å². The first-order chi connectivity index (χ1) is 6.77. The first-order valence-corrected chi connectivity index (χ1v) is 4.43. The molecule has 0 atom stereocenters. The van der Waals surface area contributed by atoms with Crippen molar-refractivity contribution in [2.75, 3.05) is 12.3 Å². The third-order valence-corrected chi connectivity index (χ3v) is 1.65. The third-order valence-electron chi connectivity index (χ3n) is 1.65. The van der Waals surface area contributed by atoms with Crippen molar-refractivity contribution in [2.24, 2.45) is 0 Å². The van der Waals surface area contributed by atoms with E-state index in [1.54, 1.807) is 0 Å². The molecule has 0 aliphatic carbocycles. The number of nitrogen functional groups attached to an aromatic ring is 1. The highest BCUT2D eigenvalue weighted by Crippen LogP contribution is 2.10. The van der Waals surface area contributed by atoms with E-state index in [9.17, 15) is 0 Å². The highest BCUT2D eigenvalue weighted by molar-refractivity contribution is 5.46. The lowest BCUT2D eigenvalue weighted by molar-refractivity contribution is 0.285. The number of hydrogen-bond acceptors (Lipinski definition) is 5. The minimum Gasteiger partial charge on any atom is -0.463 e. The van der Waals surface area contributed by atoms with Crippen molar-refractivity contribution < 1.29 is 4.74 Å². The fourth-order valence-electron chi connectivity index (χ4n) is 0.842. The molecule has 1 aromatic rings. The van der Waals surface area contributed by atoms with Crippen molar-refractivity contribution in [1.82, 2.24) is 9.97 Å². The zero-order valence-electron chi connectivity index (χ0n) is 8.03. The van der Waals surface area contributed by atoms with Gasteiger partial charge in [0.15, 0.2) is 0 Å². The minimum absolute atomic E-state index is 0.161. The molecule has 1 rings (SSSR count). The summed E-state index contributed by atoms with van der Waals surface area (Å²) in [5, 5.41) is 8.57. The Morgan fingerprint density at radius 1 is 1.64 bits per heavy atom. The van der Waals surface area contributed by atoms with Gasteiger partial charge < -0.3 is 10.5 Å². The molecular weight excluding hydrogens is 180 g/mol. The first kappa shape index (κ1) is 10.3. The molecule has 14 heavy (non-hydrogen) atoms. The maximum atomic E-state index is 8.57. The van der Waals surface area contributed by atoms with Gasteiger partial charge in [-0.2, -0.15) is 10.2 Å². The van der Waals surface area contributed by atoms with Crippen molar-refractivity contribution in [1.29, 1.82) is 5.26 Å². The van der Waals surface area contributed by atoms with E-state index in [0.29, 0.717) is 6.61 Å². The Morgan fingerprint density at radius 2 is 2.43 bits per heavy atom. The second-order valence-electron chi connectivity index (χ2n) is 2.77. The van der Waals surface area contributed by atoms with E-state index in [1.165, 1.54) is 6.20 Å². The molecule has 0 aliphatic rings. The molecule has 0 saturated heterocycles. The van der Waals surface area contributed by atoms with Crippen LogP contribution < -0.4 is 10.5 Å². The largest absolute Gasteiger partial charge is 0.463 e. The predicted octanol–water partition coefficient (Wildman–Crippen LogP) is 1.11. The van der Waals surface area contributed by atoms with Crippen LogP contribution >= 0.6 is 0 Å². The molecule has 5 heteroatoms. The number of anilines is 1. The van der Waals surface area contributed by atoms with E-state index in [2.05, 4.69) is 16.9 Å². The molecule has 0 spiro atoms. The molecule has 0 saturated carbocycles. The number of nitrogens with two attached hydrogens (primary N) is 1. The van der Waals surface area contributed by atoms with Crippen molar-refractivity contribution in [2.45, 2.75) is 19.8 Å². The number of hydrogen-bond donors (Lipinski definition) is 1. The SMILES string of the molecule is CCCCOc1ncc(C#N)c(N)n1. The zero-order valence-corrected chi connectivity index (χ0v) is 8.03. The Kier molecular flexibility index (Phi) is 3.68. The van der Waals surface area contributed by atoms with Gasteiger partial charge in [-0.15, -0.1) is 0 Å². The Labute approximate surface area is 82.5 Å². The van der Waals surface area contributed by atoms with Crippen molar-refractivity contribution in [3.63, 3.8) is 0 Å². The lowest BCUT2D eigenvalue weighted by Crippen LogP contribution is -2.04. The number of aromatic nitrogens is 2. The van der Waals surface area contributed by atoms with Gasteiger partial charge in [0.25, 0.3) is 0 Å². The van der Waals surface area contributed by atoms with E-state index in [4.69, 9.17) is 15.7 Å². The van der Waals surface area contributed by atoms with Crippen LogP contribution in [0.5, 0.6) is 6.01 Å². The maximum Gasteiger partial charge on any atom is 0.318 e. The summed E-state index contributed by atoms with van der Waals surface area (Å²) in [4.78, 5) is 7.68. The van der Waals surface area contributed by atoms with Gasteiger partial charge in [0.2, 0.25) is 0 Å². The Hall–Kier alpha value is -1.83. The molecular formula is C9H12N4O. The van der Waals surface area contributed by atoms with Crippen molar-refractivity contribution in [3.8, 4) is 12.1 Å². The topological polar surface area (TPSA) is 84.8 Å². The molecule has 0 aliphatic heterocycles. The molecule has 1 aromatic heterocycles. The van der Waals surface area contributed by atoms with Gasteiger partial charge in [-0.05, 0) is 6.42 Å². The second-order valence-corrected chi connectivity index (χ2v) is 2.77. The molecule has 2 N–H and O–H groups in total. The van der Waals surface area contributed by atoms with Crippen molar-refractivity contribution in [3.05, 3.63) is 11.8 Å². The number of rotatable bonds is 4. The van der Waals surface area contributed by atoms with Crippen molar-refractivity contribution >= 4 is 5.82 Å². The molecule has 0 bridgehead atoms. The van der Waals surface area contributed by atoms with Gasteiger partial charge >= 0.3 is 6.01 Å². The summed E-state index contributed by atoms with van der Waals surface area (Å²) in [5.41, 5.74) is 5.75. The smallest absolute Gasteiger partial charge is 0.318 e. The van der Waals surface area contributed by atoms with Gasteiger partial charge in [-0.1, -0.05) is 13.3 Å². The maximum absolute atomic E-state index is 8.57. The van der Waals surface area contributed by atoms with Crippen LogP contribution in [0.4, 0.5) is 5.82 Å². The van der Waals surface area contributed by atoms with Gasteiger partial charge in [0, 0.05) is 0 Å². The van der Waals surface area contributed by atoms with E-state index < -0.39 is 0 Å². The molecule has 0 unspecified atom stereocenters. The standard InChI is InChI=1S/C9H12N4O/c1-2-3-4-14-9-12-6-7(5-10)8(11)13-9/h6H,2-4H2,1H3,(H2,11,12,13). The third kappa shape index (κ3) is 2.59. The lowest BCUT2D eigenvalue weighted by atomic mass is 10.3. The highest BCUT2D eigenvalue weighted by atomic mass is 16.5. The van der Waals surface area contributed by atoms with Gasteiger partial charge in [-0.3, -0.25) is 0 Å². The molecule has 74 valence electrons. The minimum atomic E-state index is 0.161. The second kappa shape index (κ2) is 5.02. The molecule has 0 amide bonds.